The minimum atomic E-state index is 0.205. The quantitative estimate of drug-likeness (QED) is 0.766. The molecule has 2 saturated carbocycles. The molecule has 2 aliphatic carbocycles. The monoisotopic (exact) mass is 246 g/mol. The molecule has 0 bridgehead atoms. The summed E-state index contributed by atoms with van der Waals surface area (Å²) in [6.07, 6.45) is 3.47. The summed E-state index contributed by atoms with van der Waals surface area (Å²) in [6, 6.07) is 5.43. The van der Waals surface area contributed by atoms with Crippen molar-refractivity contribution in [2.24, 2.45) is 17.8 Å². The van der Waals surface area contributed by atoms with Crippen molar-refractivity contribution in [2.75, 3.05) is 14.2 Å². The molecule has 0 aliphatic heterocycles. The number of Topliss-reactive ketones (excluding diaryl/α,β-unsaturated/α-hetero) is 1. The molecule has 3 nitrogen and oxygen atoms in total. The van der Waals surface area contributed by atoms with Crippen molar-refractivity contribution in [3.8, 4) is 11.5 Å². The third-order valence-corrected chi connectivity index (χ3v) is 4.29. The fraction of sp³-hybridized carbons (Fsp3) is 0.533. The zero-order valence-electron chi connectivity index (χ0n) is 10.8. The van der Waals surface area contributed by atoms with Gasteiger partial charge in [0.25, 0.3) is 0 Å². The topological polar surface area (TPSA) is 35.5 Å². The van der Waals surface area contributed by atoms with E-state index in [4.69, 9.17) is 9.47 Å². The molecule has 0 aromatic heterocycles. The molecule has 2 atom stereocenters. The standard InChI is InChI=1S/C15H18O3/c1-17-12-3-4-13(14(8-12)18-2)15(16)11-6-9-5-10(9)7-11/h3-4,8-11H,5-7H2,1-2H3. The van der Waals surface area contributed by atoms with Gasteiger partial charge in [-0.05, 0) is 43.2 Å². The number of fused-ring (bicyclic) bond motifs is 1. The molecule has 0 heterocycles. The van der Waals surface area contributed by atoms with Crippen LogP contribution in [-0.2, 0) is 0 Å². The van der Waals surface area contributed by atoms with Crippen LogP contribution in [0.3, 0.4) is 0 Å². The molecule has 2 unspecified atom stereocenters. The first-order valence-electron chi connectivity index (χ1n) is 6.49. The number of methoxy groups -OCH3 is 2. The average molecular weight is 246 g/mol. The van der Waals surface area contributed by atoms with Gasteiger partial charge in [0.15, 0.2) is 5.78 Å². The van der Waals surface area contributed by atoms with E-state index in [9.17, 15) is 4.79 Å². The zero-order chi connectivity index (χ0) is 12.7. The molecule has 2 fully saturated rings. The summed E-state index contributed by atoms with van der Waals surface area (Å²) >= 11 is 0. The molecule has 1 aromatic rings. The zero-order valence-corrected chi connectivity index (χ0v) is 10.8. The summed E-state index contributed by atoms with van der Waals surface area (Å²) in [5, 5.41) is 0. The van der Waals surface area contributed by atoms with Crippen LogP contribution < -0.4 is 9.47 Å². The van der Waals surface area contributed by atoms with Gasteiger partial charge in [-0.15, -0.1) is 0 Å². The van der Waals surface area contributed by atoms with E-state index in [2.05, 4.69) is 0 Å². The number of ether oxygens (including phenoxy) is 2. The first-order chi connectivity index (χ1) is 8.72. The van der Waals surface area contributed by atoms with Gasteiger partial charge in [0.2, 0.25) is 0 Å². The predicted molar refractivity (Wildman–Crippen MR) is 68.2 cm³/mol. The second-order valence-corrected chi connectivity index (χ2v) is 5.35. The third kappa shape index (κ3) is 1.88. The normalized spacial score (nSPS) is 28.7. The van der Waals surface area contributed by atoms with E-state index in [1.54, 1.807) is 20.3 Å². The number of hydrogen-bond acceptors (Lipinski definition) is 3. The van der Waals surface area contributed by atoms with Crippen LogP contribution in [-0.4, -0.2) is 20.0 Å². The molecule has 1 aromatic carbocycles. The smallest absolute Gasteiger partial charge is 0.169 e. The van der Waals surface area contributed by atoms with E-state index in [0.29, 0.717) is 11.3 Å². The van der Waals surface area contributed by atoms with Gasteiger partial charge in [-0.2, -0.15) is 0 Å². The van der Waals surface area contributed by atoms with Gasteiger partial charge < -0.3 is 9.47 Å². The van der Waals surface area contributed by atoms with Gasteiger partial charge in [-0.25, -0.2) is 0 Å². The Bertz CT molecular complexity index is 471. The molecule has 0 radical (unpaired) electrons. The van der Waals surface area contributed by atoms with E-state index in [1.807, 2.05) is 12.1 Å². The number of rotatable bonds is 4. The third-order valence-electron chi connectivity index (χ3n) is 4.29. The van der Waals surface area contributed by atoms with Crippen LogP contribution in [0.15, 0.2) is 18.2 Å². The van der Waals surface area contributed by atoms with Crippen molar-refractivity contribution < 1.29 is 14.3 Å². The number of hydrogen-bond donors (Lipinski definition) is 0. The predicted octanol–water partition coefficient (Wildman–Crippen LogP) is 2.93. The van der Waals surface area contributed by atoms with E-state index in [0.717, 1.165) is 30.4 Å². The lowest BCUT2D eigenvalue weighted by molar-refractivity contribution is 0.0911. The number of ketones is 1. The maximum Gasteiger partial charge on any atom is 0.169 e. The lowest BCUT2D eigenvalue weighted by Crippen LogP contribution is -2.14. The van der Waals surface area contributed by atoms with Crippen LogP contribution in [0, 0.1) is 17.8 Å². The van der Waals surface area contributed by atoms with Crippen LogP contribution in [0.25, 0.3) is 0 Å². The first-order valence-corrected chi connectivity index (χ1v) is 6.49. The Morgan fingerprint density at radius 1 is 1.11 bits per heavy atom. The Hall–Kier alpha value is -1.51. The Morgan fingerprint density at radius 2 is 1.83 bits per heavy atom. The van der Waals surface area contributed by atoms with Gasteiger partial charge >= 0.3 is 0 Å². The Kier molecular flexibility index (Phi) is 2.77. The molecule has 18 heavy (non-hydrogen) atoms. The SMILES string of the molecule is COc1ccc(C(=O)C2CC3CC3C2)c(OC)c1. The Morgan fingerprint density at radius 3 is 2.44 bits per heavy atom. The summed E-state index contributed by atoms with van der Waals surface area (Å²) < 4.78 is 10.5. The molecular weight excluding hydrogens is 228 g/mol. The Labute approximate surface area is 107 Å². The average Bonchev–Trinajstić information content (AvgIpc) is 3.03. The summed E-state index contributed by atoms with van der Waals surface area (Å²) in [5.41, 5.74) is 0.699. The van der Waals surface area contributed by atoms with Crippen molar-refractivity contribution in [3.05, 3.63) is 23.8 Å². The van der Waals surface area contributed by atoms with Crippen molar-refractivity contribution in [3.63, 3.8) is 0 Å². The molecular formula is C15H18O3. The molecule has 0 amide bonds. The number of carbonyl (C=O) groups excluding carboxylic acids is 1. The maximum absolute atomic E-state index is 12.5. The van der Waals surface area contributed by atoms with Gasteiger partial charge in [-0.1, -0.05) is 0 Å². The minimum Gasteiger partial charge on any atom is -0.497 e. The molecule has 3 rings (SSSR count). The van der Waals surface area contributed by atoms with Crippen molar-refractivity contribution in [1.29, 1.82) is 0 Å². The minimum absolute atomic E-state index is 0.205. The lowest BCUT2D eigenvalue weighted by Gasteiger charge is -2.14. The van der Waals surface area contributed by atoms with Crippen LogP contribution >= 0.6 is 0 Å². The highest BCUT2D eigenvalue weighted by atomic mass is 16.5. The fourth-order valence-electron chi connectivity index (χ4n) is 3.15. The molecule has 0 saturated heterocycles. The highest BCUT2D eigenvalue weighted by Crippen LogP contribution is 2.55. The highest BCUT2D eigenvalue weighted by molar-refractivity contribution is 6.00. The second-order valence-electron chi connectivity index (χ2n) is 5.35. The van der Waals surface area contributed by atoms with Crippen molar-refractivity contribution >= 4 is 5.78 Å². The second kappa shape index (κ2) is 4.30. The summed E-state index contributed by atoms with van der Waals surface area (Å²) in [6.45, 7) is 0. The highest BCUT2D eigenvalue weighted by Gasteiger charge is 2.48. The van der Waals surface area contributed by atoms with Gasteiger partial charge in [0, 0.05) is 12.0 Å². The van der Waals surface area contributed by atoms with Gasteiger partial charge in [0.1, 0.15) is 11.5 Å². The van der Waals surface area contributed by atoms with Crippen LogP contribution in [0.5, 0.6) is 11.5 Å². The van der Waals surface area contributed by atoms with Crippen molar-refractivity contribution in [2.45, 2.75) is 19.3 Å². The molecule has 2 aliphatic rings. The first kappa shape index (κ1) is 11.6. The maximum atomic E-state index is 12.5. The number of carbonyl (C=O) groups is 1. The molecule has 96 valence electrons. The van der Waals surface area contributed by atoms with E-state index in [-0.39, 0.29) is 11.7 Å². The largest absolute Gasteiger partial charge is 0.497 e. The van der Waals surface area contributed by atoms with E-state index >= 15 is 0 Å². The molecule has 3 heteroatoms. The van der Waals surface area contributed by atoms with E-state index in [1.165, 1.54) is 6.42 Å². The summed E-state index contributed by atoms with van der Waals surface area (Å²) in [7, 11) is 3.21. The van der Waals surface area contributed by atoms with Crippen LogP contribution in [0.4, 0.5) is 0 Å². The van der Waals surface area contributed by atoms with Gasteiger partial charge in [-0.3, -0.25) is 4.79 Å². The number of benzene rings is 1. The lowest BCUT2D eigenvalue weighted by atomic mass is 9.93. The molecule has 0 N–H and O–H groups in total. The van der Waals surface area contributed by atoms with Crippen LogP contribution in [0.2, 0.25) is 0 Å². The van der Waals surface area contributed by atoms with E-state index < -0.39 is 0 Å². The molecule has 0 spiro atoms. The van der Waals surface area contributed by atoms with Gasteiger partial charge in [0.05, 0.1) is 19.8 Å². The summed E-state index contributed by atoms with van der Waals surface area (Å²) in [5.74, 6) is 3.43. The summed E-state index contributed by atoms with van der Waals surface area (Å²) in [4.78, 5) is 12.5. The van der Waals surface area contributed by atoms with Crippen molar-refractivity contribution in [1.82, 2.24) is 0 Å². The Balaban J connectivity index is 1.84. The van der Waals surface area contributed by atoms with Crippen LogP contribution in [0.1, 0.15) is 29.6 Å². The fourth-order valence-corrected chi connectivity index (χ4v) is 3.15.